The van der Waals surface area contributed by atoms with Crippen LogP contribution in [0.5, 0.6) is 0 Å². The summed E-state index contributed by atoms with van der Waals surface area (Å²) in [6.45, 7) is 10.1. The Kier molecular flexibility index (Phi) is 7.65. The van der Waals surface area contributed by atoms with Crippen LogP contribution in [-0.2, 0) is 19.0 Å². The van der Waals surface area contributed by atoms with Gasteiger partial charge in [-0.1, -0.05) is 19.1 Å². The molecule has 0 aromatic heterocycles. The van der Waals surface area contributed by atoms with Crippen LogP contribution in [0.4, 0.5) is 10.1 Å². The fourth-order valence-corrected chi connectivity index (χ4v) is 4.20. The number of esters is 1. The number of aryl methyl sites for hydroxylation is 1. The molecule has 3 rings (SSSR count). The molecule has 0 bridgehead atoms. The molecule has 2 aliphatic heterocycles. The van der Waals surface area contributed by atoms with E-state index in [0.29, 0.717) is 28.8 Å². The Labute approximate surface area is 200 Å². The van der Waals surface area contributed by atoms with Crippen LogP contribution in [-0.4, -0.2) is 54.2 Å². The van der Waals surface area contributed by atoms with Crippen molar-refractivity contribution in [3.8, 4) is 0 Å². The van der Waals surface area contributed by atoms with Gasteiger partial charge >= 0.3 is 5.97 Å². The zero-order valence-electron chi connectivity index (χ0n) is 20.8. The van der Waals surface area contributed by atoms with E-state index in [4.69, 9.17) is 14.2 Å². The predicted octanol–water partition coefficient (Wildman–Crippen LogP) is 4.31. The largest absolute Gasteiger partial charge is 0.458 e. The van der Waals surface area contributed by atoms with Gasteiger partial charge < -0.3 is 24.2 Å². The third-order valence-corrected chi connectivity index (χ3v) is 6.35. The lowest BCUT2D eigenvalue weighted by Gasteiger charge is -2.24. The highest BCUT2D eigenvalue weighted by atomic mass is 19.1. The minimum absolute atomic E-state index is 0.140. The average Bonchev–Trinajstić information content (AvgIpc) is 3.05. The number of benzene rings is 1. The first-order valence-corrected chi connectivity index (χ1v) is 11.5. The summed E-state index contributed by atoms with van der Waals surface area (Å²) in [6.07, 6.45) is 1.44. The molecule has 1 fully saturated rings. The van der Waals surface area contributed by atoms with E-state index in [1.165, 1.54) is 17.9 Å². The van der Waals surface area contributed by atoms with Crippen LogP contribution in [0, 0.1) is 12.8 Å². The zero-order valence-corrected chi connectivity index (χ0v) is 20.8. The molecule has 2 heterocycles. The topological polar surface area (TPSA) is 85.3 Å². The summed E-state index contributed by atoms with van der Waals surface area (Å²) < 4.78 is 32.4. The van der Waals surface area contributed by atoms with Crippen LogP contribution in [0.3, 0.4) is 0 Å². The monoisotopic (exact) mass is 475 g/mol. The van der Waals surface area contributed by atoms with E-state index >= 15 is 0 Å². The zero-order chi connectivity index (χ0) is 25.4. The van der Waals surface area contributed by atoms with E-state index in [-0.39, 0.29) is 5.91 Å². The molecule has 5 atom stereocenters. The second kappa shape index (κ2) is 9.98. The lowest BCUT2D eigenvalue weighted by Crippen LogP contribution is -2.36. The molecule has 34 heavy (non-hydrogen) atoms. The molecule has 0 aliphatic carbocycles. The summed E-state index contributed by atoms with van der Waals surface area (Å²) in [6, 6.07) is 3.51. The summed E-state index contributed by atoms with van der Waals surface area (Å²) in [5, 5.41) is 10.7. The number of amides is 1. The highest BCUT2D eigenvalue weighted by Crippen LogP contribution is 2.35. The SMILES string of the molecule is CC(=O)N(C)c1cc(C)c2c(c1)C=CC[C@@H]1OC(C)(C)O[C@@H]1C(O)/C(F)=C\[C@@H](C)[C@H](C)OC2=O. The number of aliphatic hydroxyl groups excluding tert-OH is 1. The van der Waals surface area contributed by atoms with Crippen molar-refractivity contribution >= 4 is 23.6 Å². The van der Waals surface area contributed by atoms with Gasteiger partial charge in [-0.2, -0.15) is 0 Å². The number of cyclic esters (lactones) is 1. The Morgan fingerprint density at radius 3 is 2.56 bits per heavy atom. The number of anilines is 1. The fraction of sp³-hybridized carbons (Fsp3) is 0.538. The molecule has 1 aromatic carbocycles. The van der Waals surface area contributed by atoms with Gasteiger partial charge in [-0.25, -0.2) is 9.18 Å². The van der Waals surface area contributed by atoms with Gasteiger partial charge in [0.2, 0.25) is 5.91 Å². The molecular weight excluding hydrogens is 441 g/mol. The van der Waals surface area contributed by atoms with Crippen molar-refractivity contribution in [2.75, 3.05) is 11.9 Å². The number of aliphatic hydroxyl groups is 1. The van der Waals surface area contributed by atoms with Crippen LogP contribution in [0.25, 0.3) is 6.08 Å². The van der Waals surface area contributed by atoms with Gasteiger partial charge in [0.25, 0.3) is 0 Å². The van der Waals surface area contributed by atoms with Crippen molar-refractivity contribution in [3.63, 3.8) is 0 Å². The summed E-state index contributed by atoms with van der Waals surface area (Å²) >= 11 is 0. The lowest BCUT2D eigenvalue weighted by atomic mass is 9.96. The highest BCUT2D eigenvalue weighted by Gasteiger charge is 2.45. The molecule has 1 N–H and O–H groups in total. The van der Waals surface area contributed by atoms with Gasteiger partial charge in [0, 0.05) is 25.6 Å². The first-order chi connectivity index (χ1) is 15.8. The van der Waals surface area contributed by atoms with Crippen LogP contribution >= 0.6 is 0 Å². The van der Waals surface area contributed by atoms with Crippen LogP contribution < -0.4 is 4.90 Å². The number of nitrogens with zero attached hydrogens (tertiary/aromatic N) is 1. The summed E-state index contributed by atoms with van der Waals surface area (Å²) in [5.41, 5.74) is 2.25. The van der Waals surface area contributed by atoms with E-state index in [0.717, 1.165) is 0 Å². The number of ether oxygens (including phenoxy) is 3. The molecule has 1 unspecified atom stereocenters. The molecule has 1 amide bonds. The van der Waals surface area contributed by atoms with Gasteiger partial charge in [-0.15, -0.1) is 0 Å². The fourth-order valence-electron chi connectivity index (χ4n) is 4.20. The second-order valence-corrected chi connectivity index (χ2v) is 9.55. The molecule has 2 aliphatic rings. The number of hydrogen-bond acceptors (Lipinski definition) is 6. The van der Waals surface area contributed by atoms with E-state index in [1.807, 2.05) is 0 Å². The normalized spacial score (nSPS) is 30.9. The third kappa shape index (κ3) is 5.56. The molecule has 7 nitrogen and oxygen atoms in total. The van der Waals surface area contributed by atoms with Crippen LogP contribution in [0.1, 0.15) is 62.5 Å². The maximum atomic E-state index is 14.9. The second-order valence-electron chi connectivity index (χ2n) is 9.55. The van der Waals surface area contributed by atoms with Gasteiger partial charge in [0.15, 0.2) is 5.79 Å². The summed E-state index contributed by atoms with van der Waals surface area (Å²) in [4.78, 5) is 26.5. The Hall–Kier alpha value is -2.55. The number of carbonyl (C=O) groups is 2. The molecule has 1 saturated heterocycles. The first-order valence-electron chi connectivity index (χ1n) is 11.5. The maximum Gasteiger partial charge on any atom is 0.339 e. The minimum atomic E-state index is -1.51. The van der Waals surface area contributed by atoms with Crippen molar-refractivity contribution in [1.29, 1.82) is 0 Å². The highest BCUT2D eigenvalue weighted by molar-refractivity contribution is 5.98. The molecule has 8 heteroatoms. The quantitative estimate of drug-likeness (QED) is 0.610. The third-order valence-electron chi connectivity index (χ3n) is 6.35. The van der Waals surface area contributed by atoms with Gasteiger partial charge in [-0.3, -0.25) is 4.79 Å². The van der Waals surface area contributed by atoms with Crippen molar-refractivity contribution in [3.05, 3.63) is 46.8 Å². The molecule has 0 spiro atoms. The average molecular weight is 476 g/mol. The van der Waals surface area contributed by atoms with Gasteiger partial charge in [-0.05, 0) is 63.5 Å². The number of carbonyl (C=O) groups excluding carboxylic acids is 2. The number of halogens is 1. The Balaban J connectivity index is 2.10. The van der Waals surface area contributed by atoms with E-state index in [2.05, 4.69) is 0 Å². The Morgan fingerprint density at radius 1 is 1.24 bits per heavy atom. The summed E-state index contributed by atoms with van der Waals surface area (Å²) in [7, 11) is 1.66. The van der Waals surface area contributed by atoms with Crippen molar-refractivity contribution in [2.24, 2.45) is 5.92 Å². The van der Waals surface area contributed by atoms with Gasteiger partial charge in [0.05, 0.1) is 11.7 Å². The van der Waals surface area contributed by atoms with Crippen molar-refractivity contribution < 1.29 is 33.3 Å². The van der Waals surface area contributed by atoms with Crippen LogP contribution in [0.15, 0.2) is 30.1 Å². The number of fused-ring (bicyclic) bond motifs is 2. The van der Waals surface area contributed by atoms with Crippen LogP contribution in [0.2, 0.25) is 0 Å². The number of rotatable bonds is 1. The molecule has 186 valence electrons. The van der Waals surface area contributed by atoms with E-state index < -0.39 is 47.9 Å². The minimum Gasteiger partial charge on any atom is -0.458 e. The van der Waals surface area contributed by atoms with Crippen molar-refractivity contribution in [1.82, 2.24) is 0 Å². The smallest absolute Gasteiger partial charge is 0.339 e. The van der Waals surface area contributed by atoms with Gasteiger partial charge in [0.1, 0.15) is 24.1 Å². The molecule has 0 radical (unpaired) electrons. The van der Waals surface area contributed by atoms with E-state index in [1.54, 1.807) is 66.0 Å². The molecule has 1 aromatic rings. The maximum absolute atomic E-state index is 14.9. The lowest BCUT2D eigenvalue weighted by molar-refractivity contribution is -0.153. The Morgan fingerprint density at radius 2 is 1.91 bits per heavy atom. The first kappa shape index (κ1) is 26.1. The summed E-state index contributed by atoms with van der Waals surface area (Å²) in [5.74, 6) is -2.92. The van der Waals surface area contributed by atoms with Crippen molar-refractivity contribution in [2.45, 2.75) is 78.2 Å². The van der Waals surface area contributed by atoms with E-state index in [9.17, 15) is 19.1 Å². The standard InChI is InChI=1S/C26H34FNO6/c1-14-12-20(27)23(30)24-21(33-26(5,6)34-24)10-8-9-18-13-19(28(7)17(4)29)11-15(2)22(18)25(31)32-16(14)3/h8-9,11-14,16,21,23-24,30H,10H2,1-7H3/b9-8?,20-12+/t14-,16+,21+,23?,24+/m1/s1. The molecular formula is C26H34FNO6. The molecule has 0 saturated carbocycles. The predicted molar refractivity (Wildman–Crippen MR) is 127 cm³/mol. The Bertz CT molecular complexity index is 1020. The number of hydrogen-bond donors (Lipinski definition) is 1.